The Balaban J connectivity index is 2.44. The van der Waals surface area contributed by atoms with E-state index in [-0.39, 0.29) is 6.04 Å². The van der Waals surface area contributed by atoms with E-state index in [0.717, 1.165) is 16.2 Å². The van der Waals surface area contributed by atoms with Gasteiger partial charge in [-0.15, -0.1) is 11.3 Å². The summed E-state index contributed by atoms with van der Waals surface area (Å²) in [4.78, 5) is 1.13. The monoisotopic (exact) mass is 268 g/mol. The molecular formula is C12H13ClN2OS. The second kappa shape index (κ2) is 5.51. The molecule has 0 fully saturated rings. The first-order valence-corrected chi connectivity index (χ1v) is 6.35. The summed E-state index contributed by atoms with van der Waals surface area (Å²) in [6.45, 7) is 0. The number of nitrogens with two attached hydrogens (primary N) is 1. The van der Waals surface area contributed by atoms with Crippen LogP contribution in [0.1, 0.15) is 16.5 Å². The number of ether oxygens (including phenoxy) is 1. The minimum atomic E-state index is -0.0813. The highest BCUT2D eigenvalue weighted by Crippen LogP contribution is 2.33. The first-order chi connectivity index (χ1) is 8.26. The molecule has 0 amide bonds. The number of hydrogen-bond donors (Lipinski definition) is 2. The highest BCUT2D eigenvalue weighted by atomic mass is 35.5. The largest absolute Gasteiger partial charge is 0.496 e. The SMILES string of the molecule is COc1cc(Cl)ccc1C(NN)c1cccs1. The maximum absolute atomic E-state index is 5.94. The average Bonchev–Trinajstić information content (AvgIpc) is 2.85. The fourth-order valence-corrected chi connectivity index (χ4v) is 2.67. The van der Waals surface area contributed by atoms with Crippen LogP contribution in [-0.2, 0) is 0 Å². The Morgan fingerprint density at radius 1 is 1.41 bits per heavy atom. The Morgan fingerprint density at radius 3 is 2.82 bits per heavy atom. The normalized spacial score (nSPS) is 12.4. The van der Waals surface area contributed by atoms with Gasteiger partial charge in [-0.25, -0.2) is 5.43 Å². The summed E-state index contributed by atoms with van der Waals surface area (Å²) < 4.78 is 5.33. The van der Waals surface area contributed by atoms with Crippen LogP contribution >= 0.6 is 22.9 Å². The molecule has 3 N–H and O–H groups in total. The van der Waals surface area contributed by atoms with Gasteiger partial charge in [-0.05, 0) is 23.6 Å². The van der Waals surface area contributed by atoms with E-state index in [0.29, 0.717) is 5.02 Å². The van der Waals surface area contributed by atoms with Gasteiger partial charge in [-0.3, -0.25) is 5.84 Å². The number of methoxy groups -OCH3 is 1. The molecule has 1 aromatic heterocycles. The van der Waals surface area contributed by atoms with E-state index in [2.05, 4.69) is 5.43 Å². The lowest BCUT2D eigenvalue weighted by atomic mass is 10.0. The molecule has 1 unspecified atom stereocenters. The lowest BCUT2D eigenvalue weighted by molar-refractivity contribution is 0.404. The lowest BCUT2D eigenvalue weighted by Gasteiger charge is -2.18. The molecule has 0 spiro atoms. The first kappa shape index (κ1) is 12.4. The van der Waals surface area contributed by atoms with E-state index in [9.17, 15) is 0 Å². The van der Waals surface area contributed by atoms with Gasteiger partial charge in [-0.1, -0.05) is 23.7 Å². The van der Waals surface area contributed by atoms with Crippen molar-refractivity contribution < 1.29 is 4.74 Å². The van der Waals surface area contributed by atoms with E-state index in [1.165, 1.54) is 0 Å². The van der Waals surface area contributed by atoms with Crippen molar-refractivity contribution >= 4 is 22.9 Å². The van der Waals surface area contributed by atoms with Gasteiger partial charge in [0.05, 0.1) is 13.2 Å². The summed E-state index contributed by atoms with van der Waals surface area (Å²) in [7, 11) is 1.62. The van der Waals surface area contributed by atoms with E-state index in [1.807, 2.05) is 29.6 Å². The molecular weight excluding hydrogens is 256 g/mol. The fourth-order valence-electron chi connectivity index (χ4n) is 1.70. The molecule has 2 aromatic rings. The number of rotatable bonds is 4. The third-order valence-electron chi connectivity index (χ3n) is 2.50. The Labute approximate surface area is 109 Å². The summed E-state index contributed by atoms with van der Waals surface area (Å²) >= 11 is 7.58. The molecule has 0 bridgehead atoms. The quantitative estimate of drug-likeness (QED) is 0.662. The molecule has 1 atom stereocenters. The molecule has 5 heteroatoms. The molecule has 0 aliphatic rings. The van der Waals surface area contributed by atoms with Crippen LogP contribution in [0.3, 0.4) is 0 Å². The van der Waals surface area contributed by atoms with Gasteiger partial charge in [0.25, 0.3) is 0 Å². The molecule has 0 saturated carbocycles. The van der Waals surface area contributed by atoms with Crippen molar-refractivity contribution in [2.24, 2.45) is 5.84 Å². The number of thiophene rings is 1. The van der Waals surface area contributed by atoms with Gasteiger partial charge in [-0.2, -0.15) is 0 Å². The summed E-state index contributed by atoms with van der Waals surface area (Å²) in [5, 5.41) is 2.66. The fraction of sp³-hybridized carbons (Fsp3) is 0.167. The summed E-state index contributed by atoms with van der Waals surface area (Å²) in [6, 6.07) is 9.48. The highest BCUT2D eigenvalue weighted by molar-refractivity contribution is 7.10. The molecule has 0 aliphatic heterocycles. The smallest absolute Gasteiger partial charge is 0.125 e. The zero-order valence-corrected chi connectivity index (χ0v) is 10.9. The molecule has 3 nitrogen and oxygen atoms in total. The molecule has 17 heavy (non-hydrogen) atoms. The predicted molar refractivity (Wildman–Crippen MR) is 71.5 cm³/mol. The molecule has 1 aromatic carbocycles. The van der Waals surface area contributed by atoms with Gasteiger partial charge in [0, 0.05) is 15.5 Å². The van der Waals surface area contributed by atoms with Crippen LogP contribution in [0, 0.1) is 0 Å². The summed E-state index contributed by atoms with van der Waals surface area (Å²) in [6.07, 6.45) is 0. The standard InChI is InChI=1S/C12H13ClN2OS/c1-16-10-7-8(13)4-5-9(10)12(15-14)11-3-2-6-17-11/h2-7,12,15H,14H2,1H3. The summed E-state index contributed by atoms with van der Waals surface area (Å²) in [5.74, 6) is 6.36. The van der Waals surface area contributed by atoms with Crippen LogP contribution < -0.4 is 16.0 Å². The zero-order chi connectivity index (χ0) is 12.3. The molecule has 0 radical (unpaired) electrons. The van der Waals surface area contributed by atoms with Crippen molar-refractivity contribution in [3.63, 3.8) is 0 Å². The number of nitrogens with one attached hydrogen (secondary N) is 1. The average molecular weight is 269 g/mol. The van der Waals surface area contributed by atoms with Crippen LogP contribution in [0.2, 0.25) is 5.02 Å². The van der Waals surface area contributed by atoms with Crippen molar-refractivity contribution in [3.05, 3.63) is 51.2 Å². The maximum atomic E-state index is 5.94. The Morgan fingerprint density at radius 2 is 2.24 bits per heavy atom. The lowest BCUT2D eigenvalue weighted by Crippen LogP contribution is -2.28. The Hall–Kier alpha value is -1.07. The van der Waals surface area contributed by atoms with Gasteiger partial charge < -0.3 is 4.74 Å². The van der Waals surface area contributed by atoms with Crippen molar-refractivity contribution in [2.45, 2.75) is 6.04 Å². The zero-order valence-electron chi connectivity index (χ0n) is 9.31. The van der Waals surface area contributed by atoms with Crippen LogP contribution in [-0.4, -0.2) is 7.11 Å². The van der Waals surface area contributed by atoms with E-state index >= 15 is 0 Å². The van der Waals surface area contributed by atoms with E-state index in [1.54, 1.807) is 24.5 Å². The number of halogens is 1. The third kappa shape index (κ3) is 2.61. The van der Waals surface area contributed by atoms with Crippen molar-refractivity contribution in [1.29, 1.82) is 0 Å². The second-order valence-electron chi connectivity index (χ2n) is 3.50. The van der Waals surface area contributed by atoms with Gasteiger partial charge in [0.2, 0.25) is 0 Å². The van der Waals surface area contributed by atoms with Crippen molar-refractivity contribution in [3.8, 4) is 5.75 Å². The molecule has 2 rings (SSSR count). The van der Waals surface area contributed by atoms with Gasteiger partial charge in [0.1, 0.15) is 5.75 Å². The van der Waals surface area contributed by atoms with Crippen LogP contribution in [0.25, 0.3) is 0 Å². The molecule has 0 saturated heterocycles. The topological polar surface area (TPSA) is 47.3 Å². The van der Waals surface area contributed by atoms with Crippen LogP contribution in [0.5, 0.6) is 5.75 Å². The van der Waals surface area contributed by atoms with E-state index in [4.69, 9.17) is 22.2 Å². The molecule has 0 aliphatic carbocycles. The molecule has 1 heterocycles. The Bertz CT molecular complexity index is 487. The van der Waals surface area contributed by atoms with Crippen LogP contribution in [0.15, 0.2) is 35.7 Å². The minimum absolute atomic E-state index is 0.0813. The van der Waals surface area contributed by atoms with Gasteiger partial charge >= 0.3 is 0 Å². The first-order valence-electron chi connectivity index (χ1n) is 5.09. The number of benzene rings is 1. The molecule has 90 valence electrons. The minimum Gasteiger partial charge on any atom is -0.496 e. The third-order valence-corrected chi connectivity index (χ3v) is 3.67. The van der Waals surface area contributed by atoms with Crippen LogP contribution in [0.4, 0.5) is 0 Å². The summed E-state index contributed by atoms with van der Waals surface area (Å²) in [5.41, 5.74) is 3.78. The van der Waals surface area contributed by atoms with Crippen molar-refractivity contribution in [2.75, 3.05) is 7.11 Å². The highest BCUT2D eigenvalue weighted by Gasteiger charge is 2.17. The van der Waals surface area contributed by atoms with Gasteiger partial charge in [0.15, 0.2) is 0 Å². The predicted octanol–water partition coefficient (Wildman–Crippen LogP) is 2.96. The number of hydrazine groups is 1. The van der Waals surface area contributed by atoms with E-state index < -0.39 is 0 Å². The second-order valence-corrected chi connectivity index (χ2v) is 4.92. The number of hydrogen-bond acceptors (Lipinski definition) is 4. The maximum Gasteiger partial charge on any atom is 0.125 e. The van der Waals surface area contributed by atoms with Crippen molar-refractivity contribution in [1.82, 2.24) is 5.43 Å². The Kier molecular flexibility index (Phi) is 4.02.